The van der Waals surface area contributed by atoms with Crippen LogP contribution in [0, 0.1) is 0 Å². The largest absolute Gasteiger partial charge is 0.351 e. The molecule has 0 fully saturated rings. The van der Waals surface area contributed by atoms with Gasteiger partial charge in [-0.1, -0.05) is 0 Å². The molecule has 0 radical (unpaired) electrons. The van der Waals surface area contributed by atoms with Crippen LogP contribution in [0.5, 0.6) is 0 Å². The summed E-state index contributed by atoms with van der Waals surface area (Å²) in [6.45, 7) is 2.26. The molecule has 0 saturated heterocycles. The van der Waals surface area contributed by atoms with Gasteiger partial charge in [-0.15, -0.1) is 11.3 Å². The molecule has 0 atom stereocenters. The SMILES string of the molecule is CC(=O)NCc1cc2c(s1)CCC2. The van der Waals surface area contributed by atoms with Crippen LogP contribution in [0.2, 0.25) is 0 Å². The number of carbonyl (C=O) groups excluding carboxylic acids is 1. The summed E-state index contributed by atoms with van der Waals surface area (Å²) < 4.78 is 0. The molecule has 0 saturated carbocycles. The second-order valence-electron chi connectivity index (χ2n) is 3.42. The van der Waals surface area contributed by atoms with E-state index in [1.165, 1.54) is 34.6 Å². The van der Waals surface area contributed by atoms with Gasteiger partial charge in [-0.25, -0.2) is 0 Å². The van der Waals surface area contributed by atoms with Gasteiger partial charge in [0.05, 0.1) is 6.54 Å². The molecule has 1 N–H and O–H groups in total. The van der Waals surface area contributed by atoms with Crippen molar-refractivity contribution in [3.8, 4) is 0 Å². The van der Waals surface area contributed by atoms with E-state index in [-0.39, 0.29) is 5.91 Å². The summed E-state index contributed by atoms with van der Waals surface area (Å²) in [5, 5.41) is 2.82. The van der Waals surface area contributed by atoms with Crippen LogP contribution >= 0.6 is 11.3 Å². The van der Waals surface area contributed by atoms with Crippen molar-refractivity contribution in [2.45, 2.75) is 32.7 Å². The van der Waals surface area contributed by atoms with Crippen molar-refractivity contribution in [2.24, 2.45) is 0 Å². The van der Waals surface area contributed by atoms with Gasteiger partial charge in [0.1, 0.15) is 0 Å². The van der Waals surface area contributed by atoms with Gasteiger partial charge in [0.15, 0.2) is 0 Å². The Morgan fingerprint density at radius 3 is 3.15 bits per heavy atom. The van der Waals surface area contributed by atoms with E-state index < -0.39 is 0 Å². The lowest BCUT2D eigenvalue weighted by atomic mass is 10.2. The minimum Gasteiger partial charge on any atom is -0.351 e. The predicted molar refractivity (Wildman–Crippen MR) is 53.9 cm³/mol. The van der Waals surface area contributed by atoms with E-state index >= 15 is 0 Å². The number of aryl methyl sites for hydroxylation is 2. The van der Waals surface area contributed by atoms with Crippen LogP contribution in [-0.4, -0.2) is 5.91 Å². The summed E-state index contributed by atoms with van der Waals surface area (Å²) in [4.78, 5) is 13.5. The molecule has 1 heterocycles. The minimum absolute atomic E-state index is 0.0496. The number of rotatable bonds is 2. The first-order valence-corrected chi connectivity index (χ1v) is 5.42. The van der Waals surface area contributed by atoms with Crippen LogP contribution in [-0.2, 0) is 24.2 Å². The first-order valence-electron chi connectivity index (χ1n) is 4.60. The van der Waals surface area contributed by atoms with Gasteiger partial charge in [0.2, 0.25) is 5.91 Å². The molecular formula is C10H13NOS. The number of nitrogens with one attached hydrogen (secondary N) is 1. The van der Waals surface area contributed by atoms with Gasteiger partial charge in [-0.2, -0.15) is 0 Å². The molecule has 1 aromatic heterocycles. The Kier molecular flexibility index (Phi) is 2.36. The van der Waals surface area contributed by atoms with Crippen LogP contribution in [0.15, 0.2) is 6.07 Å². The monoisotopic (exact) mass is 195 g/mol. The highest BCUT2D eigenvalue weighted by Crippen LogP contribution is 2.30. The highest BCUT2D eigenvalue weighted by atomic mass is 32.1. The van der Waals surface area contributed by atoms with Crippen molar-refractivity contribution in [3.63, 3.8) is 0 Å². The van der Waals surface area contributed by atoms with Gasteiger partial charge in [-0.05, 0) is 30.9 Å². The molecule has 1 aliphatic rings. The van der Waals surface area contributed by atoms with Crippen molar-refractivity contribution in [2.75, 3.05) is 0 Å². The minimum atomic E-state index is 0.0496. The van der Waals surface area contributed by atoms with Gasteiger partial charge < -0.3 is 5.32 Å². The number of fused-ring (bicyclic) bond motifs is 1. The highest BCUT2D eigenvalue weighted by Gasteiger charge is 2.14. The standard InChI is InChI=1S/C10H13NOS/c1-7(12)11-6-9-5-8-3-2-4-10(8)13-9/h5H,2-4,6H2,1H3,(H,11,12). The molecule has 0 aliphatic heterocycles. The number of thiophene rings is 1. The third kappa shape index (κ3) is 1.91. The van der Waals surface area contributed by atoms with E-state index in [1.807, 2.05) is 11.3 Å². The maximum absolute atomic E-state index is 10.7. The third-order valence-electron chi connectivity index (χ3n) is 2.31. The molecule has 1 aromatic rings. The van der Waals surface area contributed by atoms with Crippen molar-refractivity contribution in [1.29, 1.82) is 0 Å². The number of carbonyl (C=O) groups is 1. The number of hydrogen-bond acceptors (Lipinski definition) is 2. The molecule has 0 unspecified atom stereocenters. The summed E-state index contributed by atoms with van der Waals surface area (Å²) in [7, 11) is 0. The molecule has 2 nitrogen and oxygen atoms in total. The predicted octanol–water partition coefficient (Wildman–Crippen LogP) is 1.87. The lowest BCUT2D eigenvalue weighted by Crippen LogP contribution is -2.18. The highest BCUT2D eigenvalue weighted by molar-refractivity contribution is 7.12. The fourth-order valence-corrected chi connectivity index (χ4v) is 2.89. The van der Waals surface area contributed by atoms with Crippen LogP contribution in [0.4, 0.5) is 0 Å². The molecule has 1 amide bonds. The normalized spacial score (nSPS) is 14.2. The van der Waals surface area contributed by atoms with Crippen LogP contribution < -0.4 is 5.32 Å². The lowest BCUT2D eigenvalue weighted by Gasteiger charge is -1.97. The summed E-state index contributed by atoms with van der Waals surface area (Å²) in [5.41, 5.74) is 1.50. The fourth-order valence-electron chi connectivity index (χ4n) is 1.69. The Hall–Kier alpha value is -0.830. The Morgan fingerprint density at radius 1 is 1.62 bits per heavy atom. The first-order chi connectivity index (χ1) is 6.25. The van der Waals surface area contributed by atoms with Gasteiger partial charge >= 0.3 is 0 Å². The Bertz CT molecular complexity index is 308. The molecule has 0 aromatic carbocycles. The second kappa shape index (κ2) is 3.50. The van der Waals surface area contributed by atoms with E-state index in [4.69, 9.17) is 0 Å². The van der Waals surface area contributed by atoms with Gasteiger partial charge in [0.25, 0.3) is 0 Å². The Balaban J connectivity index is 2.02. The summed E-state index contributed by atoms with van der Waals surface area (Å²) in [6, 6.07) is 2.24. The Labute approximate surface area is 82.0 Å². The van der Waals surface area contributed by atoms with E-state index in [1.54, 1.807) is 6.92 Å². The van der Waals surface area contributed by atoms with Gasteiger partial charge in [0, 0.05) is 16.7 Å². The van der Waals surface area contributed by atoms with E-state index in [0.717, 1.165) is 0 Å². The van der Waals surface area contributed by atoms with Crippen LogP contribution in [0.3, 0.4) is 0 Å². The zero-order valence-electron chi connectivity index (χ0n) is 7.72. The fraction of sp³-hybridized carbons (Fsp3) is 0.500. The molecule has 13 heavy (non-hydrogen) atoms. The second-order valence-corrected chi connectivity index (χ2v) is 4.65. The van der Waals surface area contributed by atoms with E-state index in [0.29, 0.717) is 6.54 Å². The molecule has 0 spiro atoms. The van der Waals surface area contributed by atoms with E-state index in [9.17, 15) is 4.79 Å². The third-order valence-corrected chi connectivity index (χ3v) is 3.55. The maximum Gasteiger partial charge on any atom is 0.217 e. The summed E-state index contributed by atoms with van der Waals surface area (Å²) in [6.07, 6.45) is 3.77. The zero-order valence-corrected chi connectivity index (χ0v) is 8.54. The average molecular weight is 195 g/mol. The van der Waals surface area contributed by atoms with Crippen LogP contribution in [0.1, 0.15) is 28.7 Å². The molecule has 3 heteroatoms. The molecule has 70 valence electrons. The molecular weight excluding hydrogens is 182 g/mol. The number of hydrogen-bond donors (Lipinski definition) is 1. The summed E-state index contributed by atoms with van der Waals surface area (Å²) >= 11 is 1.85. The molecule has 1 aliphatic carbocycles. The van der Waals surface area contributed by atoms with Crippen molar-refractivity contribution < 1.29 is 4.79 Å². The average Bonchev–Trinajstić information content (AvgIpc) is 2.58. The van der Waals surface area contributed by atoms with E-state index in [2.05, 4.69) is 11.4 Å². The van der Waals surface area contributed by atoms with Crippen molar-refractivity contribution in [1.82, 2.24) is 5.32 Å². The molecule has 0 bridgehead atoms. The summed E-state index contributed by atoms with van der Waals surface area (Å²) in [5.74, 6) is 0.0496. The maximum atomic E-state index is 10.7. The topological polar surface area (TPSA) is 29.1 Å². The van der Waals surface area contributed by atoms with Crippen molar-refractivity contribution in [3.05, 3.63) is 21.4 Å². The number of amides is 1. The first kappa shape index (κ1) is 8.75. The lowest BCUT2D eigenvalue weighted by molar-refractivity contribution is -0.119. The smallest absolute Gasteiger partial charge is 0.217 e. The Morgan fingerprint density at radius 2 is 2.46 bits per heavy atom. The quantitative estimate of drug-likeness (QED) is 0.767. The zero-order chi connectivity index (χ0) is 9.26. The van der Waals surface area contributed by atoms with Crippen molar-refractivity contribution >= 4 is 17.2 Å². The molecule has 2 rings (SSSR count). The van der Waals surface area contributed by atoms with Crippen LogP contribution in [0.25, 0.3) is 0 Å². The van der Waals surface area contributed by atoms with Gasteiger partial charge in [-0.3, -0.25) is 4.79 Å².